The van der Waals surface area contributed by atoms with Crippen LogP contribution in [0.15, 0.2) is 17.0 Å². The molecule has 1 aromatic heterocycles. The fourth-order valence-corrected chi connectivity index (χ4v) is 2.87. The van der Waals surface area contributed by atoms with Crippen LogP contribution in [0.4, 0.5) is 0 Å². The van der Waals surface area contributed by atoms with Crippen molar-refractivity contribution in [3.8, 4) is 0 Å². The van der Waals surface area contributed by atoms with E-state index in [1.54, 1.807) is 6.20 Å². The number of nitrogens with zero attached hydrogens (tertiary/aromatic N) is 1. The molecule has 0 bridgehead atoms. The van der Waals surface area contributed by atoms with Crippen molar-refractivity contribution in [1.29, 1.82) is 0 Å². The summed E-state index contributed by atoms with van der Waals surface area (Å²) in [6, 6.07) is 0. The molecule has 0 spiro atoms. The molecule has 3 rings (SSSR count). The van der Waals surface area contributed by atoms with E-state index in [1.807, 2.05) is 0 Å². The molecule has 0 amide bonds. The maximum atomic E-state index is 10.3. The summed E-state index contributed by atoms with van der Waals surface area (Å²) < 4.78 is 5.19. The summed E-state index contributed by atoms with van der Waals surface area (Å²) in [7, 11) is 0. The molecule has 13 heavy (non-hydrogen) atoms. The van der Waals surface area contributed by atoms with E-state index in [0.29, 0.717) is 17.6 Å². The normalized spacial score (nSPS) is 42.8. The average Bonchev–Trinajstić information content (AvgIpc) is 2.62. The van der Waals surface area contributed by atoms with Crippen LogP contribution in [0.3, 0.4) is 0 Å². The Balaban J connectivity index is 1.92. The van der Waals surface area contributed by atoms with E-state index >= 15 is 0 Å². The zero-order chi connectivity index (χ0) is 8.89. The van der Waals surface area contributed by atoms with Crippen molar-refractivity contribution in [3.63, 3.8) is 0 Å². The number of fused-ring (bicyclic) bond motifs is 1. The first-order chi connectivity index (χ1) is 6.33. The zero-order valence-corrected chi connectivity index (χ0v) is 7.44. The van der Waals surface area contributed by atoms with E-state index in [9.17, 15) is 5.11 Å². The van der Waals surface area contributed by atoms with Gasteiger partial charge in [-0.15, -0.1) is 0 Å². The highest BCUT2D eigenvalue weighted by Gasteiger charge is 2.66. The standard InChI is InChI=1S/C10H13NO2/c12-10(9-5-11-6-13-9)7-3-1-2-4-8(7)10/h5-8,12H,1-4H2. The van der Waals surface area contributed by atoms with Crippen molar-refractivity contribution < 1.29 is 9.52 Å². The molecule has 2 unspecified atom stereocenters. The van der Waals surface area contributed by atoms with Gasteiger partial charge in [0.05, 0.1) is 6.20 Å². The minimum atomic E-state index is -0.660. The van der Waals surface area contributed by atoms with Gasteiger partial charge in [-0.25, -0.2) is 4.98 Å². The third-order valence-corrected chi connectivity index (χ3v) is 3.61. The smallest absolute Gasteiger partial charge is 0.181 e. The van der Waals surface area contributed by atoms with Gasteiger partial charge in [0.15, 0.2) is 12.2 Å². The minimum Gasteiger partial charge on any atom is -0.445 e. The van der Waals surface area contributed by atoms with Gasteiger partial charge in [-0.3, -0.25) is 0 Å². The zero-order valence-electron chi connectivity index (χ0n) is 7.44. The first-order valence-electron chi connectivity index (χ1n) is 4.95. The van der Waals surface area contributed by atoms with Crippen molar-refractivity contribution in [3.05, 3.63) is 18.4 Å². The lowest BCUT2D eigenvalue weighted by Gasteiger charge is -2.04. The Morgan fingerprint density at radius 1 is 1.38 bits per heavy atom. The van der Waals surface area contributed by atoms with Gasteiger partial charge in [0.2, 0.25) is 0 Å². The molecule has 0 saturated heterocycles. The van der Waals surface area contributed by atoms with Crippen LogP contribution >= 0.6 is 0 Å². The number of aliphatic hydroxyl groups is 1. The van der Waals surface area contributed by atoms with Crippen LogP contribution in [0.5, 0.6) is 0 Å². The first kappa shape index (κ1) is 7.56. The van der Waals surface area contributed by atoms with E-state index in [0.717, 1.165) is 12.8 Å². The van der Waals surface area contributed by atoms with Crippen LogP contribution in [0, 0.1) is 11.8 Å². The molecule has 2 atom stereocenters. The Kier molecular flexibility index (Phi) is 1.37. The summed E-state index contributed by atoms with van der Waals surface area (Å²) in [6.07, 6.45) is 7.83. The van der Waals surface area contributed by atoms with Gasteiger partial charge in [-0.1, -0.05) is 12.8 Å². The fraction of sp³-hybridized carbons (Fsp3) is 0.700. The van der Waals surface area contributed by atoms with Gasteiger partial charge in [0.1, 0.15) is 5.60 Å². The predicted octanol–water partition coefficient (Wildman–Crippen LogP) is 1.68. The monoisotopic (exact) mass is 179 g/mol. The molecule has 0 aliphatic heterocycles. The second-order valence-electron chi connectivity index (χ2n) is 4.19. The molecule has 2 fully saturated rings. The van der Waals surface area contributed by atoms with E-state index in [1.165, 1.54) is 19.2 Å². The van der Waals surface area contributed by atoms with E-state index in [2.05, 4.69) is 4.98 Å². The van der Waals surface area contributed by atoms with E-state index in [4.69, 9.17) is 4.42 Å². The van der Waals surface area contributed by atoms with Gasteiger partial charge in [-0.05, 0) is 12.8 Å². The third-order valence-electron chi connectivity index (χ3n) is 3.61. The van der Waals surface area contributed by atoms with Crippen LogP contribution in [-0.4, -0.2) is 10.1 Å². The fourth-order valence-electron chi connectivity index (χ4n) is 2.87. The summed E-state index contributed by atoms with van der Waals surface area (Å²) in [5.74, 6) is 1.55. The molecule has 1 N–H and O–H groups in total. The number of rotatable bonds is 1. The Labute approximate surface area is 76.8 Å². The van der Waals surface area contributed by atoms with Gasteiger partial charge >= 0.3 is 0 Å². The molecule has 70 valence electrons. The molecule has 3 heteroatoms. The van der Waals surface area contributed by atoms with Crippen molar-refractivity contribution in [2.75, 3.05) is 0 Å². The van der Waals surface area contributed by atoms with Gasteiger partial charge in [-0.2, -0.15) is 0 Å². The molecule has 0 radical (unpaired) electrons. The van der Waals surface area contributed by atoms with Crippen LogP contribution < -0.4 is 0 Å². The molecule has 1 aromatic rings. The summed E-state index contributed by atoms with van der Waals surface area (Å²) >= 11 is 0. The number of hydrogen-bond donors (Lipinski definition) is 1. The molecule has 0 aromatic carbocycles. The second kappa shape index (κ2) is 2.35. The largest absolute Gasteiger partial charge is 0.445 e. The lowest BCUT2D eigenvalue weighted by Crippen LogP contribution is -2.08. The molecule has 2 aliphatic rings. The van der Waals surface area contributed by atoms with Crippen molar-refractivity contribution in [2.45, 2.75) is 31.3 Å². The molecule has 2 saturated carbocycles. The minimum absolute atomic E-state index is 0.439. The highest BCUT2D eigenvalue weighted by Crippen LogP contribution is 2.64. The SMILES string of the molecule is OC1(c2cnco2)C2CCCCC21. The Morgan fingerprint density at radius 2 is 2.08 bits per heavy atom. The summed E-state index contributed by atoms with van der Waals surface area (Å²) in [4.78, 5) is 3.86. The van der Waals surface area contributed by atoms with Crippen molar-refractivity contribution in [2.24, 2.45) is 11.8 Å². The van der Waals surface area contributed by atoms with Crippen LogP contribution in [0.2, 0.25) is 0 Å². The number of aromatic nitrogens is 1. The van der Waals surface area contributed by atoms with Crippen molar-refractivity contribution >= 4 is 0 Å². The highest BCUT2D eigenvalue weighted by atomic mass is 16.4. The molecule has 2 aliphatic carbocycles. The molecule has 1 heterocycles. The average molecular weight is 179 g/mol. The van der Waals surface area contributed by atoms with Crippen molar-refractivity contribution in [1.82, 2.24) is 4.98 Å². The quantitative estimate of drug-likeness (QED) is 0.713. The van der Waals surface area contributed by atoms with Crippen LogP contribution in [0.1, 0.15) is 31.4 Å². The Bertz CT molecular complexity index is 295. The van der Waals surface area contributed by atoms with Crippen LogP contribution in [0.25, 0.3) is 0 Å². The van der Waals surface area contributed by atoms with Gasteiger partial charge in [0.25, 0.3) is 0 Å². The van der Waals surface area contributed by atoms with Crippen LogP contribution in [-0.2, 0) is 5.60 Å². The Hall–Kier alpha value is -0.830. The number of oxazole rings is 1. The lowest BCUT2D eigenvalue weighted by atomic mass is 10.0. The lowest BCUT2D eigenvalue weighted by molar-refractivity contribution is 0.0919. The molecular weight excluding hydrogens is 166 g/mol. The van der Waals surface area contributed by atoms with E-state index < -0.39 is 5.60 Å². The summed E-state index contributed by atoms with van der Waals surface area (Å²) in [6.45, 7) is 0. The maximum Gasteiger partial charge on any atom is 0.181 e. The van der Waals surface area contributed by atoms with Gasteiger partial charge < -0.3 is 9.52 Å². The maximum absolute atomic E-state index is 10.3. The Morgan fingerprint density at radius 3 is 2.62 bits per heavy atom. The van der Waals surface area contributed by atoms with Gasteiger partial charge in [0, 0.05) is 11.8 Å². The molecule has 3 nitrogen and oxygen atoms in total. The second-order valence-corrected chi connectivity index (χ2v) is 4.19. The summed E-state index contributed by atoms with van der Waals surface area (Å²) in [5, 5.41) is 10.3. The van der Waals surface area contributed by atoms with E-state index in [-0.39, 0.29) is 0 Å². The highest BCUT2D eigenvalue weighted by molar-refractivity contribution is 5.23. The summed E-state index contributed by atoms with van der Waals surface area (Å²) in [5.41, 5.74) is -0.660. The number of hydrogen-bond acceptors (Lipinski definition) is 3. The topological polar surface area (TPSA) is 46.3 Å². The predicted molar refractivity (Wildman–Crippen MR) is 45.8 cm³/mol. The molecular formula is C10H13NO2. The third kappa shape index (κ3) is 0.854. The first-order valence-corrected chi connectivity index (χ1v) is 4.95.